The first-order valence-corrected chi connectivity index (χ1v) is 9.87. The van der Waals surface area contributed by atoms with Crippen LogP contribution in [0.25, 0.3) is 0 Å². The smallest absolute Gasteiger partial charge is 0.419 e. The average molecular weight is 412 g/mol. The fraction of sp³-hybridized carbons (Fsp3) is 0.500. The Labute approximate surface area is 164 Å². The quantitative estimate of drug-likeness (QED) is 0.811. The summed E-state index contributed by atoms with van der Waals surface area (Å²) in [4.78, 5) is 23.0. The lowest BCUT2D eigenvalue weighted by Crippen LogP contribution is -2.45. The lowest BCUT2D eigenvalue weighted by atomic mass is 10.1. The minimum absolute atomic E-state index is 0.0942. The summed E-state index contributed by atoms with van der Waals surface area (Å²) in [6.45, 7) is 2.94. The minimum atomic E-state index is -4.44. The van der Waals surface area contributed by atoms with E-state index in [2.05, 4.69) is 20.2 Å². The van der Waals surface area contributed by atoms with Crippen LogP contribution < -0.4 is 10.1 Å². The highest BCUT2D eigenvalue weighted by Crippen LogP contribution is 2.37. The van der Waals surface area contributed by atoms with Crippen molar-refractivity contribution < 1.29 is 22.7 Å². The van der Waals surface area contributed by atoms with E-state index in [4.69, 9.17) is 4.74 Å². The van der Waals surface area contributed by atoms with Gasteiger partial charge >= 0.3 is 6.18 Å². The van der Waals surface area contributed by atoms with Gasteiger partial charge in [-0.2, -0.15) is 13.2 Å². The fourth-order valence-electron chi connectivity index (χ4n) is 3.46. The molecule has 0 spiro atoms. The molecule has 1 N–H and O–H groups in total. The molecule has 1 amide bonds. The number of thioether (sulfide) groups is 1. The molecule has 3 aliphatic rings. The number of alkyl halides is 3. The third-order valence-corrected chi connectivity index (χ3v) is 6.12. The number of para-hydroxylation sites is 1. The molecule has 1 aromatic rings. The third-order valence-electron chi connectivity index (χ3n) is 4.83. The summed E-state index contributed by atoms with van der Waals surface area (Å²) in [6.07, 6.45) is -3.98. The number of ether oxygens (including phenoxy) is 1. The van der Waals surface area contributed by atoms with Crippen LogP contribution in [0.15, 0.2) is 34.3 Å². The molecular weight excluding hydrogens is 393 g/mol. The van der Waals surface area contributed by atoms with Crippen molar-refractivity contribution >= 4 is 28.7 Å². The Bertz CT molecular complexity index is 834. The number of hydrogen-bond acceptors (Lipinski definition) is 6. The largest absolute Gasteiger partial charge is 0.490 e. The van der Waals surface area contributed by atoms with Gasteiger partial charge in [-0.15, -0.1) is 0 Å². The van der Waals surface area contributed by atoms with Gasteiger partial charge in [-0.05, 0) is 19.1 Å². The van der Waals surface area contributed by atoms with Crippen molar-refractivity contribution in [2.45, 2.75) is 43.5 Å². The van der Waals surface area contributed by atoms with E-state index < -0.39 is 17.9 Å². The Kier molecular flexibility index (Phi) is 4.98. The van der Waals surface area contributed by atoms with E-state index in [0.717, 1.165) is 11.2 Å². The molecule has 6 nitrogen and oxygen atoms in total. The third kappa shape index (κ3) is 3.82. The number of rotatable bonds is 2. The number of nitrogens with zero attached hydrogens (tertiary/aromatic N) is 3. The zero-order chi connectivity index (χ0) is 19.9. The second-order valence-corrected chi connectivity index (χ2v) is 7.97. The number of carbonyl (C=O) groups excluding carboxylic acids is 1. The van der Waals surface area contributed by atoms with E-state index in [9.17, 15) is 18.0 Å². The van der Waals surface area contributed by atoms with Gasteiger partial charge < -0.3 is 15.0 Å². The zero-order valence-corrected chi connectivity index (χ0v) is 15.9. The maximum atomic E-state index is 13.1. The normalized spacial score (nSPS) is 25.7. The first kappa shape index (κ1) is 19.1. The number of halogens is 3. The molecule has 1 fully saturated rings. The first-order chi connectivity index (χ1) is 13.3. The Morgan fingerprint density at radius 2 is 1.93 bits per heavy atom. The predicted molar refractivity (Wildman–Crippen MR) is 101 cm³/mol. The zero-order valence-electron chi connectivity index (χ0n) is 15.1. The summed E-state index contributed by atoms with van der Waals surface area (Å²) >= 11 is 1.39. The molecule has 0 radical (unpaired) electrons. The van der Waals surface area contributed by atoms with Crippen molar-refractivity contribution in [1.29, 1.82) is 0 Å². The van der Waals surface area contributed by atoms with Crippen molar-refractivity contribution in [2.24, 2.45) is 9.98 Å². The highest BCUT2D eigenvalue weighted by Gasteiger charge is 2.41. The molecular formula is C18H19F3N4O2S. The second kappa shape index (κ2) is 7.31. The van der Waals surface area contributed by atoms with Crippen LogP contribution in [0.2, 0.25) is 0 Å². The number of amidine groups is 2. The second-order valence-electron chi connectivity index (χ2n) is 6.87. The molecule has 4 rings (SSSR count). The van der Waals surface area contributed by atoms with E-state index in [1.807, 2.05) is 0 Å². The van der Waals surface area contributed by atoms with E-state index in [1.165, 1.54) is 23.9 Å². The van der Waals surface area contributed by atoms with E-state index in [-0.39, 0.29) is 23.0 Å². The molecule has 2 atom stereocenters. The maximum absolute atomic E-state index is 13.1. The van der Waals surface area contributed by atoms with E-state index >= 15 is 0 Å². The van der Waals surface area contributed by atoms with E-state index in [1.54, 1.807) is 13.0 Å². The minimum Gasteiger partial charge on any atom is -0.490 e. The Hall–Kier alpha value is -2.23. The summed E-state index contributed by atoms with van der Waals surface area (Å²) in [5.41, 5.74) is -0.753. The molecule has 1 aromatic carbocycles. The van der Waals surface area contributed by atoms with E-state index in [0.29, 0.717) is 31.8 Å². The monoisotopic (exact) mass is 412 g/mol. The van der Waals surface area contributed by atoms with Gasteiger partial charge in [0.25, 0.3) is 0 Å². The van der Waals surface area contributed by atoms with Crippen LogP contribution in [0.4, 0.5) is 13.2 Å². The number of carbonyl (C=O) groups is 1. The van der Waals surface area contributed by atoms with Crippen LogP contribution in [0, 0.1) is 0 Å². The van der Waals surface area contributed by atoms with Crippen LogP contribution in [0.3, 0.4) is 0 Å². The molecule has 2 unspecified atom stereocenters. The van der Waals surface area contributed by atoms with Gasteiger partial charge in [-0.25, -0.2) is 9.98 Å². The maximum Gasteiger partial charge on any atom is 0.419 e. The topological polar surface area (TPSA) is 66.3 Å². The molecule has 3 heterocycles. The molecule has 0 aromatic heterocycles. The molecule has 150 valence electrons. The van der Waals surface area contributed by atoms with Gasteiger partial charge in [0.2, 0.25) is 5.91 Å². The first-order valence-electron chi connectivity index (χ1n) is 8.99. The van der Waals surface area contributed by atoms with Crippen LogP contribution in [-0.2, 0) is 11.0 Å². The molecule has 10 heteroatoms. The van der Waals surface area contributed by atoms with Gasteiger partial charge in [0.05, 0.1) is 5.56 Å². The predicted octanol–water partition coefficient (Wildman–Crippen LogP) is 2.89. The molecule has 1 saturated heterocycles. The van der Waals surface area contributed by atoms with Gasteiger partial charge in [-0.1, -0.05) is 23.9 Å². The number of aliphatic imine (C=N–C) groups is 2. The van der Waals surface area contributed by atoms with Crippen molar-refractivity contribution in [3.8, 4) is 5.75 Å². The lowest BCUT2D eigenvalue weighted by Gasteiger charge is -2.33. The number of nitrogens with one attached hydrogen (secondary N) is 1. The summed E-state index contributed by atoms with van der Waals surface area (Å²) in [6, 6.07) is 5.28. The number of piperidine rings is 1. The number of benzene rings is 1. The van der Waals surface area contributed by atoms with Crippen molar-refractivity contribution in [1.82, 2.24) is 10.2 Å². The molecule has 0 saturated carbocycles. The van der Waals surface area contributed by atoms with Crippen LogP contribution in [0.5, 0.6) is 5.75 Å². The number of amides is 1. The Morgan fingerprint density at radius 1 is 1.21 bits per heavy atom. The molecule has 28 heavy (non-hydrogen) atoms. The summed E-state index contributed by atoms with van der Waals surface area (Å²) < 4.78 is 45.0. The number of fused-ring (bicyclic) bond motifs is 1. The molecule has 0 bridgehead atoms. The number of likely N-dealkylation sites (tertiary alicyclic amines) is 1. The Balaban J connectivity index is 1.38. The standard InChI is InChI=1S/C18H19F3N4O2S/c1-10-22-15-14(16(26)23-10)28-17(24-15)25-8-6-11(7-9-25)27-13-5-3-2-4-12(13)18(19,20)21/h2-5,11,14-15H,6-9H2,1H3,(H,22,23,26). The van der Waals surface area contributed by atoms with Gasteiger partial charge in [0.1, 0.15) is 22.9 Å². The lowest BCUT2D eigenvalue weighted by molar-refractivity contribution is -0.139. The van der Waals surface area contributed by atoms with Crippen molar-refractivity contribution in [2.75, 3.05) is 13.1 Å². The summed E-state index contributed by atoms with van der Waals surface area (Å²) in [5.74, 6) is 0.337. The summed E-state index contributed by atoms with van der Waals surface area (Å²) in [7, 11) is 0. The van der Waals surface area contributed by atoms with Crippen LogP contribution in [-0.4, -0.2) is 52.4 Å². The van der Waals surface area contributed by atoms with Crippen LogP contribution in [0.1, 0.15) is 25.3 Å². The highest BCUT2D eigenvalue weighted by molar-refractivity contribution is 8.15. The molecule has 0 aliphatic carbocycles. The highest BCUT2D eigenvalue weighted by atomic mass is 32.2. The summed E-state index contributed by atoms with van der Waals surface area (Å²) in [5, 5.41) is 3.12. The fourth-order valence-corrected chi connectivity index (χ4v) is 4.59. The molecule has 3 aliphatic heterocycles. The average Bonchev–Trinajstić information content (AvgIpc) is 3.06. The van der Waals surface area contributed by atoms with Crippen molar-refractivity contribution in [3.63, 3.8) is 0 Å². The SMILES string of the molecule is CC1=NC2N=C(N3CCC(Oc4ccccc4C(F)(F)F)CC3)SC2C(=O)N1. The van der Waals surface area contributed by atoms with Crippen molar-refractivity contribution in [3.05, 3.63) is 29.8 Å². The number of hydrogen-bond donors (Lipinski definition) is 1. The van der Waals surface area contributed by atoms with Crippen LogP contribution >= 0.6 is 11.8 Å². The Morgan fingerprint density at radius 3 is 2.64 bits per heavy atom. The van der Waals surface area contributed by atoms with Gasteiger partial charge in [0, 0.05) is 25.9 Å². The van der Waals surface area contributed by atoms with Gasteiger partial charge in [-0.3, -0.25) is 4.79 Å². The van der Waals surface area contributed by atoms with Gasteiger partial charge in [0.15, 0.2) is 11.3 Å².